The van der Waals surface area contributed by atoms with Crippen molar-refractivity contribution in [2.45, 2.75) is 50.5 Å². The van der Waals surface area contributed by atoms with Crippen molar-refractivity contribution in [3.63, 3.8) is 0 Å². The number of guanidine groups is 1. The maximum Gasteiger partial charge on any atom is 0.191 e. The van der Waals surface area contributed by atoms with Gasteiger partial charge in [0.05, 0.1) is 0 Å². The van der Waals surface area contributed by atoms with Crippen LogP contribution in [0.2, 0.25) is 0 Å². The lowest BCUT2D eigenvalue weighted by Crippen LogP contribution is -2.62. The molecule has 5 nitrogen and oxygen atoms in total. The minimum absolute atomic E-state index is 0. The third kappa shape index (κ3) is 7.72. The third-order valence-corrected chi connectivity index (χ3v) is 6.52. The van der Waals surface area contributed by atoms with E-state index in [9.17, 15) is 0 Å². The number of nitrogens with zero attached hydrogens (tertiary/aromatic N) is 3. The van der Waals surface area contributed by atoms with Gasteiger partial charge in [0.15, 0.2) is 5.96 Å². The minimum atomic E-state index is 0. The van der Waals surface area contributed by atoms with Gasteiger partial charge in [0.25, 0.3) is 0 Å². The van der Waals surface area contributed by atoms with Crippen molar-refractivity contribution in [1.82, 2.24) is 20.4 Å². The highest BCUT2D eigenvalue weighted by Gasteiger charge is 2.39. The average Bonchev–Trinajstić information content (AvgIpc) is 2.66. The van der Waals surface area contributed by atoms with Gasteiger partial charge in [-0.3, -0.25) is 9.89 Å². The second-order valence-electron chi connectivity index (χ2n) is 7.63. The summed E-state index contributed by atoms with van der Waals surface area (Å²) in [6.45, 7) is 6.99. The molecule has 0 radical (unpaired) electrons. The quantitative estimate of drug-likeness (QED) is 0.234. The lowest BCUT2D eigenvalue weighted by Gasteiger charge is -2.50. The molecular weight excluding hydrogens is 457 g/mol. The molecule has 0 amide bonds. The molecule has 0 unspecified atom stereocenters. The zero-order chi connectivity index (χ0) is 18.0. The van der Waals surface area contributed by atoms with Crippen LogP contribution in [0.5, 0.6) is 0 Å². The summed E-state index contributed by atoms with van der Waals surface area (Å²) in [5, 5.41) is 7.15. The summed E-state index contributed by atoms with van der Waals surface area (Å²) in [5.74, 6) is 2.22. The molecule has 2 N–H and O–H groups in total. The van der Waals surface area contributed by atoms with E-state index >= 15 is 0 Å². The zero-order valence-corrected chi connectivity index (χ0v) is 20.2. The van der Waals surface area contributed by atoms with Crippen LogP contribution in [0.4, 0.5) is 0 Å². The number of thioether (sulfide) groups is 1. The molecular formula is C19H40IN5S. The van der Waals surface area contributed by atoms with Crippen molar-refractivity contribution >= 4 is 41.7 Å². The summed E-state index contributed by atoms with van der Waals surface area (Å²) in [7, 11) is 4.14. The molecule has 0 aliphatic carbocycles. The van der Waals surface area contributed by atoms with Crippen LogP contribution in [0.25, 0.3) is 0 Å². The van der Waals surface area contributed by atoms with Crippen molar-refractivity contribution < 1.29 is 0 Å². The van der Waals surface area contributed by atoms with Crippen molar-refractivity contribution in [3.8, 4) is 0 Å². The maximum atomic E-state index is 4.44. The van der Waals surface area contributed by atoms with E-state index in [-0.39, 0.29) is 24.0 Å². The Bertz CT molecular complexity index is 393. The first-order valence-corrected chi connectivity index (χ1v) is 11.5. The Morgan fingerprint density at radius 2 is 1.73 bits per heavy atom. The number of aliphatic imine (C=N–C) groups is 1. The summed E-state index contributed by atoms with van der Waals surface area (Å²) in [6, 6.07) is 0. The van der Waals surface area contributed by atoms with Gasteiger partial charge in [-0.15, -0.1) is 24.0 Å². The van der Waals surface area contributed by atoms with Crippen molar-refractivity contribution in [2.75, 3.05) is 65.4 Å². The zero-order valence-electron chi connectivity index (χ0n) is 17.1. The van der Waals surface area contributed by atoms with E-state index in [0.29, 0.717) is 5.54 Å². The maximum absolute atomic E-state index is 4.44. The molecule has 0 bridgehead atoms. The third-order valence-electron chi connectivity index (χ3n) is 5.82. The SMILES string of the molecule is CN=C(NCCCCSC)NCC1(N2CCCCC2)CCN(C)CC1.I. The second kappa shape index (κ2) is 13.4. The Hall–Kier alpha value is 0.270. The van der Waals surface area contributed by atoms with E-state index in [4.69, 9.17) is 0 Å². The fourth-order valence-corrected chi connectivity index (χ4v) is 4.55. The fraction of sp³-hybridized carbons (Fsp3) is 0.947. The predicted octanol–water partition coefficient (Wildman–Crippen LogP) is 2.86. The summed E-state index contributed by atoms with van der Waals surface area (Å²) >= 11 is 1.93. The molecule has 2 saturated heterocycles. The van der Waals surface area contributed by atoms with Crippen LogP contribution in [0, 0.1) is 0 Å². The highest BCUT2D eigenvalue weighted by atomic mass is 127. The molecule has 26 heavy (non-hydrogen) atoms. The van der Waals surface area contributed by atoms with Crippen LogP contribution in [0.15, 0.2) is 4.99 Å². The van der Waals surface area contributed by atoms with Gasteiger partial charge >= 0.3 is 0 Å². The van der Waals surface area contributed by atoms with Crippen LogP contribution in [0.1, 0.15) is 44.9 Å². The van der Waals surface area contributed by atoms with Crippen LogP contribution in [-0.2, 0) is 0 Å². The summed E-state index contributed by atoms with van der Waals surface area (Å²) < 4.78 is 0. The minimum Gasteiger partial charge on any atom is -0.356 e. The molecule has 0 spiro atoms. The predicted molar refractivity (Wildman–Crippen MR) is 127 cm³/mol. The highest BCUT2D eigenvalue weighted by molar-refractivity contribution is 14.0. The van der Waals surface area contributed by atoms with Crippen molar-refractivity contribution in [2.24, 2.45) is 4.99 Å². The van der Waals surface area contributed by atoms with E-state index in [2.05, 4.69) is 38.7 Å². The van der Waals surface area contributed by atoms with Crippen LogP contribution >= 0.6 is 35.7 Å². The molecule has 7 heteroatoms. The van der Waals surface area contributed by atoms with Gasteiger partial charge in [-0.05, 0) is 83.8 Å². The number of hydrogen-bond acceptors (Lipinski definition) is 4. The van der Waals surface area contributed by atoms with Crippen molar-refractivity contribution in [3.05, 3.63) is 0 Å². The van der Waals surface area contributed by atoms with Crippen LogP contribution < -0.4 is 10.6 Å². The Labute approximate surface area is 182 Å². The fourth-order valence-electron chi connectivity index (χ4n) is 4.05. The molecule has 2 rings (SSSR count). The monoisotopic (exact) mass is 497 g/mol. The highest BCUT2D eigenvalue weighted by Crippen LogP contribution is 2.30. The van der Waals surface area contributed by atoms with E-state index in [0.717, 1.165) is 19.0 Å². The molecule has 2 aliphatic heterocycles. The molecule has 154 valence electrons. The van der Waals surface area contributed by atoms with Gasteiger partial charge < -0.3 is 15.5 Å². The molecule has 2 fully saturated rings. The standard InChI is InChI=1S/C19H39N5S.HI/c1-20-18(21-11-5-8-16-25-3)22-17-19(9-14-23(2)15-10-19)24-12-6-4-7-13-24;/h4-17H2,1-3H3,(H2,20,21,22);1H. The molecule has 0 aromatic heterocycles. The van der Waals surface area contributed by atoms with E-state index in [1.165, 1.54) is 76.9 Å². The summed E-state index contributed by atoms with van der Waals surface area (Å²) in [4.78, 5) is 9.69. The van der Waals surface area contributed by atoms with E-state index in [1.54, 1.807) is 0 Å². The van der Waals surface area contributed by atoms with Gasteiger partial charge in [-0.1, -0.05) is 6.42 Å². The Morgan fingerprint density at radius 3 is 2.35 bits per heavy atom. The summed E-state index contributed by atoms with van der Waals surface area (Å²) in [6.07, 6.45) is 11.3. The number of hydrogen-bond donors (Lipinski definition) is 2. The largest absolute Gasteiger partial charge is 0.356 e. The van der Waals surface area contributed by atoms with Gasteiger partial charge in [0.2, 0.25) is 0 Å². The van der Waals surface area contributed by atoms with Crippen LogP contribution in [-0.4, -0.2) is 86.7 Å². The van der Waals surface area contributed by atoms with Crippen LogP contribution in [0.3, 0.4) is 0 Å². The Kier molecular flexibility index (Phi) is 12.6. The summed E-state index contributed by atoms with van der Waals surface area (Å²) in [5.41, 5.74) is 0.309. The van der Waals surface area contributed by atoms with Gasteiger partial charge in [-0.2, -0.15) is 11.8 Å². The number of halogens is 1. The molecule has 2 heterocycles. The average molecular weight is 498 g/mol. The number of unbranched alkanes of at least 4 members (excludes halogenated alkanes) is 1. The second-order valence-corrected chi connectivity index (χ2v) is 8.61. The van der Waals surface area contributed by atoms with Gasteiger partial charge in [-0.25, -0.2) is 0 Å². The lowest BCUT2D eigenvalue weighted by molar-refractivity contribution is 0.0173. The number of piperidine rings is 2. The molecule has 0 atom stereocenters. The van der Waals surface area contributed by atoms with Gasteiger partial charge in [0.1, 0.15) is 0 Å². The first-order chi connectivity index (χ1) is 12.2. The first kappa shape index (κ1) is 24.3. The number of likely N-dealkylation sites (tertiary alicyclic amines) is 2. The first-order valence-electron chi connectivity index (χ1n) is 10.1. The topological polar surface area (TPSA) is 42.9 Å². The molecule has 0 aromatic rings. The lowest BCUT2D eigenvalue weighted by atomic mass is 9.84. The molecule has 0 aromatic carbocycles. The normalized spacial score (nSPS) is 21.9. The smallest absolute Gasteiger partial charge is 0.191 e. The van der Waals surface area contributed by atoms with E-state index in [1.807, 2.05) is 18.8 Å². The number of nitrogens with one attached hydrogen (secondary N) is 2. The number of rotatable bonds is 8. The Balaban J connectivity index is 0.00000338. The van der Waals surface area contributed by atoms with E-state index < -0.39 is 0 Å². The van der Waals surface area contributed by atoms with Gasteiger partial charge in [0, 0.05) is 25.7 Å². The van der Waals surface area contributed by atoms with Crippen molar-refractivity contribution in [1.29, 1.82) is 0 Å². The molecule has 0 saturated carbocycles. The molecule has 2 aliphatic rings. The Morgan fingerprint density at radius 1 is 1.04 bits per heavy atom.